The van der Waals surface area contributed by atoms with Crippen molar-refractivity contribution in [2.75, 3.05) is 39.0 Å². The molecule has 8 heteroatoms. The number of aromatic nitrogens is 2. The average molecular weight is 527 g/mol. The zero-order chi connectivity index (χ0) is 26.3. The lowest BCUT2D eigenvalue weighted by molar-refractivity contribution is 0.0825. The van der Waals surface area contributed by atoms with E-state index in [1.165, 1.54) is 38.7 Å². The minimum Gasteiger partial charge on any atom is -0.327 e. The number of halogens is 1. The summed E-state index contributed by atoms with van der Waals surface area (Å²) in [7, 11) is -1.39. The van der Waals surface area contributed by atoms with Gasteiger partial charge in [0.1, 0.15) is 11.6 Å². The van der Waals surface area contributed by atoms with E-state index < -0.39 is 9.84 Å². The molecule has 0 unspecified atom stereocenters. The highest BCUT2D eigenvalue weighted by Gasteiger charge is 2.30. The van der Waals surface area contributed by atoms with Crippen molar-refractivity contribution in [3.8, 4) is 11.4 Å². The fourth-order valence-corrected chi connectivity index (χ4v) is 6.84. The van der Waals surface area contributed by atoms with Crippen LogP contribution < -0.4 is 0 Å². The van der Waals surface area contributed by atoms with E-state index in [4.69, 9.17) is 4.98 Å². The molecule has 0 saturated carbocycles. The first-order valence-corrected chi connectivity index (χ1v) is 15.4. The number of fused-ring (bicyclic) bond motifs is 1. The van der Waals surface area contributed by atoms with Crippen LogP contribution in [0.25, 0.3) is 22.4 Å². The second kappa shape index (κ2) is 10.5. The quantitative estimate of drug-likeness (QED) is 0.448. The molecule has 2 fully saturated rings. The summed E-state index contributed by atoms with van der Waals surface area (Å²) in [4.78, 5) is 10.3. The highest BCUT2D eigenvalue weighted by Crippen LogP contribution is 2.35. The number of aryl methyl sites for hydroxylation is 1. The first kappa shape index (κ1) is 26.3. The van der Waals surface area contributed by atoms with Crippen LogP contribution >= 0.6 is 0 Å². The molecule has 2 saturated heterocycles. The van der Waals surface area contributed by atoms with Crippen LogP contribution in [0, 0.1) is 11.7 Å². The van der Waals surface area contributed by atoms with Gasteiger partial charge in [-0.2, -0.15) is 0 Å². The Morgan fingerprint density at radius 2 is 1.65 bits per heavy atom. The normalized spacial score (nSPS) is 19.3. The minimum atomic E-state index is -3.26. The van der Waals surface area contributed by atoms with Gasteiger partial charge in [0.05, 0.1) is 15.9 Å². The maximum Gasteiger partial charge on any atom is 0.175 e. The predicted octanol–water partition coefficient (Wildman–Crippen LogP) is 5.08. The Balaban J connectivity index is 1.28. The number of piperidine rings is 2. The fourth-order valence-electron chi connectivity index (χ4n) is 6.21. The summed E-state index contributed by atoms with van der Waals surface area (Å²) in [6, 6.07) is 10.9. The first-order chi connectivity index (χ1) is 17.6. The largest absolute Gasteiger partial charge is 0.327 e. The van der Waals surface area contributed by atoms with Crippen LogP contribution in [0.2, 0.25) is 0 Å². The Morgan fingerprint density at radius 3 is 2.24 bits per heavy atom. The highest BCUT2D eigenvalue weighted by atomic mass is 32.2. The molecule has 0 spiro atoms. The second-order valence-corrected chi connectivity index (χ2v) is 13.4. The predicted molar refractivity (Wildman–Crippen MR) is 147 cm³/mol. The van der Waals surface area contributed by atoms with Crippen molar-refractivity contribution in [1.29, 1.82) is 0 Å². The molecule has 0 aliphatic carbocycles. The zero-order valence-electron chi connectivity index (χ0n) is 22.5. The second-order valence-electron chi connectivity index (χ2n) is 11.4. The van der Waals surface area contributed by atoms with Crippen molar-refractivity contribution in [1.82, 2.24) is 19.4 Å². The molecule has 3 aromatic rings. The van der Waals surface area contributed by atoms with Crippen molar-refractivity contribution in [3.05, 3.63) is 47.8 Å². The molecule has 6 nitrogen and oxygen atoms in total. The molecule has 5 rings (SSSR count). The van der Waals surface area contributed by atoms with E-state index >= 15 is 4.39 Å². The summed E-state index contributed by atoms with van der Waals surface area (Å²) in [6.07, 6.45) is 5.62. The molecule has 1 aromatic heterocycles. The Hall–Kier alpha value is -2.29. The lowest BCUT2D eigenvalue weighted by atomic mass is 9.87. The fraction of sp³-hybridized carbons (Fsp3) is 0.552. The standard InChI is InChI=1S/C29H39FN4O2S/c1-20(2)19-33-13-11-23(12-14-33)34-15-9-21(10-16-34)25-17-27-28(18-26(25)30)32(3)29(31-27)22-5-7-24(8-6-22)37(4,35)36/h5-8,17-18,20-21,23H,9-16,19H2,1-4H3. The molecule has 0 amide bonds. The van der Waals surface area contributed by atoms with E-state index in [0.29, 0.717) is 11.9 Å². The topological polar surface area (TPSA) is 58.4 Å². The number of likely N-dealkylation sites (tertiary alicyclic amines) is 2. The van der Waals surface area contributed by atoms with Crippen molar-refractivity contribution in [3.63, 3.8) is 0 Å². The van der Waals surface area contributed by atoms with Gasteiger partial charge in [-0.1, -0.05) is 13.8 Å². The number of rotatable bonds is 6. The summed E-state index contributed by atoms with van der Waals surface area (Å²) >= 11 is 0. The Bertz CT molecular complexity index is 1350. The molecule has 0 bridgehead atoms. The summed E-state index contributed by atoms with van der Waals surface area (Å²) in [6.45, 7) is 10.2. The number of hydrogen-bond donors (Lipinski definition) is 0. The van der Waals surface area contributed by atoms with E-state index in [9.17, 15) is 8.42 Å². The van der Waals surface area contributed by atoms with E-state index in [1.807, 2.05) is 17.7 Å². The van der Waals surface area contributed by atoms with Gasteiger partial charge in [0.15, 0.2) is 9.84 Å². The lowest BCUT2D eigenvalue weighted by Crippen LogP contribution is -2.48. The summed E-state index contributed by atoms with van der Waals surface area (Å²) in [5, 5.41) is 0. The average Bonchev–Trinajstić information content (AvgIpc) is 3.18. The van der Waals surface area contributed by atoms with Gasteiger partial charge in [0, 0.05) is 37.5 Å². The van der Waals surface area contributed by atoms with Gasteiger partial charge < -0.3 is 14.4 Å². The van der Waals surface area contributed by atoms with Gasteiger partial charge in [-0.3, -0.25) is 0 Å². The molecule has 200 valence electrons. The number of imidazole rings is 1. The van der Waals surface area contributed by atoms with Crippen molar-refractivity contribution in [2.24, 2.45) is 13.0 Å². The molecule has 0 N–H and O–H groups in total. The summed E-state index contributed by atoms with van der Waals surface area (Å²) in [5.74, 6) is 1.47. The SMILES string of the molecule is CC(C)CN1CCC(N2CCC(c3cc4nc(-c5ccc(S(C)(=O)=O)cc5)n(C)c4cc3F)CC2)CC1. The molecular formula is C29H39FN4O2S. The van der Waals surface area contributed by atoms with Crippen molar-refractivity contribution < 1.29 is 12.8 Å². The minimum absolute atomic E-state index is 0.157. The van der Waals surface area contributed by atoms with Gasteiger partial charge in [-0.15, -0.1) is 0 Å². The van der Waals surface area contributed by atoms with Crippen molar-refractivity contribution >= 4 is 20.9 Å². The number of hydrogen-bond acceptors (Lipinski definition) is 5. The number of benzene rings is 2. The number of sulfone groups is 1. The van der Waals surface area contributed by atoms with Crippen LogP contribution in [0.4, 0.5) is 4.39 Å². The molecule has 0 atom stereocenters. The van der Waals surface area contributed by atoms with Crippen LogP contribution in [-0.2, 0) is 16.9 Å². The third-order valence-corrected chi connectivity index (χ3v) is 9.33. The molecule has 2 aliphatic rings. The van der Waals surface area contributed by atoms with Crippen LogP contribution in [0.5, 0.6) is 0 Å². The summed E-state index contributed by atoms with van der Waals surface area (Å²) in [5.41, 5.74) is 3.10. The molecule has 3 heterocycles. The molecule has 0 radical (unpaired) electrons. The smallest absolute Gasteiger partial charge is 0.175 e. The Labute approximate surface area is 220 Å². The molecule has 2 aromatic carbocycles. The third-order valence-electron chi connectivity index (χ3n) is 8.21. The van der Waals surface area contributed by atoms with E-state index in [0.717, 1.165) is 54.0 Å². The lowest BCUT2D eigenvalue weighted by Gasteiger charge is -2.42. The maximum absolute atomic E-state index is 15.4. The zero-order valence-corrected chi connectivity index (χ0v) is 23.3. The molecular weight excluding hydrogens is 487 g/mol. The van der Waals surface area contributed by atoms with Crippen LogP contribution in [0.15, 0.2) is 41.3 Å². The van der Waals surface area contributed by atoms with Crippen molar-refractivity contribution in [2.45, 2.75) is 56.4 Å². The van der Waals surface area contributed by atoms with Gasteiger partial charge in [-0.05, 0) is 99.6 Å². The van der Waals surface area contributed by atoms with E-state index in [1.54, 1.807) is 30.3 Å². The highest BCUT2D eigenvalue weighted by molar-refractivity contribution is 7.90. The number of nitrogens with zero attached hydrogens (tertiary/aromatic N) is 4. The van der Waals surface area contributed by atoms with Crippen LogP contribution in [0.3, 0.4) is 0 Å². The Morgan fingerprint density at radius 1 is 1.00 bits per heavy atom. The van der Waals surface area contributed by atoms with Gasteiger partial charge in [-0.25, -0.2) is 17.8 Å². The third kappa shape index (κ3) is 5.61. The van der Waals surface area contributed by atoms with Crippen LogP contribution in [-0.4, -0.2) is 72.8 Å². The summed E-state index contributed by atoms with van der Waals surface area (Å²) < 4.78 is 40.8. The Kier molecular flexibility index (Phi) is 7.44. The van der Waals surface area contributed by atoms with Gasteiger partial charge >= 0.3 is 0 Å². The van der Waals surface area contributed by atoms with Gasteiger partial charge in [0.25, 0.3) is 0 Å². The van der Waals surface area contributed by atoms with Crippen LogP contribution in [0.1, 0.15) is 51.0 Å². The van der Waals surface area contributed by atoms with E-state index in [2.05, 4.69) is 23.6 Å². The maximum atomic E-state index is 15.4. The van der Waals surface area contributed by atoms with E-state index in [-0.39, 0.29) is 16.6 Å². The monoisotopic (exact) mass is 526 g/mol. The van der Waals surface area contributed by atoms with Gasteiger partial charge in [0.2, 0.25) is 0 Å². The molecule has 37 heavy (non-hydrogen) atoms. The first-order valence-electron chi connectivity index (χ1n) is 13.5. The molecule has 2 aliphatic heterocycles.